The fraction of sp³-hybridized carbons (Fsp3) is 0.125. The number of carbonyl (C=O) groups is 1. The first-order valence-corrected chi connectivity index (χ1v) is 4.93. The van der Waals surface area contributed by atoms with Gasteiger partial charge in [0.05, 0.1) is 10.4 Å². The molecule has 0 amide bonds. The molecule has 13 heavy (non-hydrogen) atoms. The largest absolute Gasteiger partial charge is 0.506 e. The van der Waals surface area contributed by atoms with Crippen LogP contribution in [0.25, 0.3) is 0 Å². The second kappa shape index (κ2) is 3.98. The molecule has 1 aromatic carbocycles. The average molecular weight is 265 g/mol. The van der Waals surface area contributed by atoms with Crippen molar-refractivity contribution in [2.75, 3.05) is 11.1 Å². The number of carbonyl (C=O) groups excluding carboxylic acids is 1. The van der Waals surface area contributed by atoms with Crippen LogP contribution in [-0.2, 0) is 0 Å². The van der Waals surface area contributed by atoms with Gasteiger partial charge in [0.15, 0.2) is 5.78 Å². The minimum absolute atomic E-state index is 0.139. The number of phenolic OH excluding ortho intramolecular Hbond substituents is 1. The van der Waals surface area contributed by atoms with Crippen molar-refractivity contribution in [2.45, 2.75) is 0 Å². The first-order chi connectivity index (χ1) is 6.06. The van der Waals surface area contributed by atoms with Gasteiger partial charge < -0.3 is 10.8 Å². The van der Waals surface area contributed by atoms with Gasteiger partial charge in [-0.25, -0.2) is 0 Å². The molecule has 0 aromatic heterocycles. The van der Waals surface area contributed by atoms with Crippen molar-refractivity contribution in [3.63, 3.8) is 0 Å². The summed E-state index contributed by atoms with van der Waals surface area (Å²) < 4.78 is 0. The Bertz CT molecular complexity index is 354. The fourth-order valence-electron chi connectivity index (χ4n) is 0.891. The molecular weight excluding hydrogens is 257 g/mol. The number of ketones is 1. The van der Waals surface area contributed by atoms with Gasteiger partial charge in [-0.15, -0.1) is 0 Å². The Hall–Kier alpha value is -0.740. The van der Waals surface area contributed by atoms with Crippen molar-refractivity contribution in [2.24, 2.45) is 0 Å². The number of Topliss-reactive ketones (excluding diaryl/α,β-unsaturated/α-hetero) is 1. The smallest absolute Gasteiger partial charge is 0.175 e. The summed E-state index contributed by atoms with van der Waals surface area (Å²) in [5.41, 5.74) is 6.08. The molecule has 1 aromatic rings. The number of hydrogen-bond donors (Lipinski definition) is 2. The second-order valence-electron chi connectivity index (χ2n) is 2.45. The number of phenols is 1. The SMILES string of the molecule is Nc1cc(Cl)c(O)cc1C(=O)CBr. The van der Waals surface area contributed by atoms with E-state index in [1.807, 2.05) is 0 Å². The van der Waals surface area contributed by atoms with Crippen LogP contribution < -0.4 is 5.73 Å². The van der Waals surface area contributed by atoms with Crippen molar-refractivity contribution >= 4 is 39.0 Å². The van der Waals surface area contributed by atoms with E-state index < -0.39 is 0 Å². The maximum atomic E-state index is 11.2. The third-order valence-electron chi connectivity index (χ3n) is 1.54. The molecule has 0 bridgehead atoms. The van der Waals surface area contributed by atoms with E-state index in [9.17, 15) is 9.90 Å². The average Bonchev–Trinajstić information content (AvgIpc) is 2.10. The number of halogens is 2. The van der Waals surface area contributed by atoms with Crippen LogP contribution in [0.4, 0.5) is 5.69 Å². The molecular formula is C8H7BrClNO2. The van der Waals surface area contributed by atoms with Gasteiger partial charge in [0.25, 0.3) is 0 Å². The Kier molecular flexibility index (Phi) is 3.17. The highest BCUT2D eigenvalue weighted by molar-refractivity contribution is 9.09. The summed E-state index contributed by atoms with van der Waals surface area (Å²) in [4.78, 5) is 11.2. The zero-order chi connectivity index (χ0) is 10.0. The van der Waals surface area contributed by atoms with Gasteiger partial charge in [0.2, 0.25) is 0 Å². The number of nitrogens with two attached hydrogens (primary N) is 1. The normalized spacial score (nSPS) is 10.0. The molecule has 70 valence electrons. The highest BCUT2D eigenvalue weighted by Gasteiger charge is 2.11. The van der Waals surface area contributed by atoms with Crippen LogP contribution in [0.3, 0.4) is 0 Å². The quantitative estimate of drug-likeness (QED) is 0.372. The molecule has 0 heterocycles. The van der Waals surface area contributed by atoms with Crippen molar-refractivity contribution in [1.29, 1.82) is 0 Å². The van der Waals surface area contributed by atoms with Crippen LogP contribution in [0.1, 0.15) is 10.4 Å². The van der Waals surface area contributed by atoms with Gasteiger partial charge >= 0.3 is 0 Å². The highest BCUT2D eigenvalue weighted by atomic mass is 79.9. The number of aromatic hydroxyl groups is 1. The standard InChI is InChI=1S/C8H7BrClNO2/c9-3-8(13)4-1-7(12)5(10)2-6(4)11/h1-2,12H,3,11H2. The van der Waals surface area contributed by atoms with Crippen LogP contribution in [0.15, 0.2) is 12.1 Å². The highest BCUT2D eigenvalue weighted by Crippen LogP contribution is 2.28. The molecule has 0 saturated carbocycles. The first kappa shape index (κ1) is 10.3. The molecule has 0 aliphatic heterocycles. The monoisotopic (exact) mass is 263 g/mol. The van der Waals surface area contributed by atoms with E-state index in [4.69, 9.17) is 17.3 Å². The first-order valence-electron chi connectivity index (χ1n) is 3.43. The van der Waals surface area contributed by atoms with Crippen molar-refractivity contribution < 1.29 is 9.90 Å². The number of nitrogen functional groups attached to an aromatic ring is 1. The van der Waals surface area contributed by atoms with Crippen LogP contribution in [-0.4, -0.2) is 16.2 Å². The number of alkyl halides is 1. The zero-order valence-electron chi connectivity index (χ0n) is 6.55. The van der Waals surface area contributed by atoms with Crippen molar-refractivity contribution in [3.05, 3.63) is 22.7 Å². The number of benzene rings is 1. The van der Waals surface area contributed by atoms with Crippen LogP contribution in [0.5, 0.6) is 5.75 Å². The lowest BCUT2D eigenvalue weighted by Crippen LogP contribution is -2.04. The van der Waals surface area contributed by atoms with Gasteiger partial charge in [-0.3, -0.25) is 4.79 Å². The lowest BCUT2D eigenvalue weighted by Gasteiger charge is -2.04. The van der Waals surface area contributed by atoms with Crippen molar-refractivity contribution in [1.82, 2.24) is 0 Å². The van der Waals surface area contributed by atoms with E-state index in [1.165, 1.54) is 12.1 Å². The number of hydrogen-bond acceptors (Lipinski definition) is 3. The molecule has 0 fully saturated rings. The summed E-state index contributed by atoms with van der Waals surface area (Å²) in [5, 5.41) is 9.52. The van der Waals surface area contributed by atoms with Gasteiger partial charge in [0, 0.05) is 11.3 Å². The minimum atomic E-state index is -0.190. The molecule has 0 spiro atoms. The Morgan fingerprint density at radius 2 is 2.23 bits per heavy atom. The van der Waals surface area contributed by atoms with E-state index in [-0.39, 0.29) is 33.1 Å². The molecule has 5 heteroatoms. The van der Waals surface area contributed by atoms with Gasteiger partial charge in [0.1, 0.15) is 5.75 Å². The summed E-state index contributed by atoms with van der Waals surface area (Å²) in [6, 6.07) is 2.62. The van der Waals surface area contributed by atoms with Gasteiger partial charge in [-0.1, -0.05) is 27.5 Å². The maximum absolute atomic E-state index is 11.2. The molecule has 1 rings (SSSR count). The van der Waals surface area contributed by atoms with E-state index in [0.29, 0.717) is 0 Å². The lowest BCUT2D eigenvalue weighted by atomic mass is 10.1. The zero-order valence-corrected chi connectivity index (χ0v) is 8.89. The van der Waals surface area contributed by atoms with Crippen molar-refractivity contribution in [3.8, 4) is 5.75 Å². The molecule has 0 unspecified atom stereocenters. The van der Waals surface area contributed by atoms with Crippen LogP contribution in [0, 0.1) is 0 Å². The van der Waals surface area contributed by atoms with E-state index >= 15 is 0 Å². The molecule has 0 aliphatic carbocycles. The van der Waals surface area contributed by atoms with E-state index in [2.05, 4.69) is 15.9 Å². The third-order valence-corrected chi connectivity index (χ3v) is 2.35. The Balaban J connectivity index is 3.23. The summed E-state index contributed by atoms with van der Waals surface area (Å²) in [6.45, 7) is 0. The Morgan fingerprint density at radius 1 is 1.62 bits per heavy atom. The summed E-state index contributed by atoms with van der Waals surface area (Å²) in [6.07, 6.45) is 0. The Morgan fingerprint density at radius 3 is 2.77 bits per heavy atom. The summed E-state index contributed by atoms with van der Waals surface area (Å²) >= 11 is 8.59. The van der Waals surface area contributed by atoms with E-state index in [0.717, 1.165) is 0 Å². The predicted molar refractivity (Wildman–Crippen MR) is 55.7 cm³/mol. The predicted octanol–water partition coefficient (Wildman–Crippen LogP) is 2.21. The molecule has 0 atom stereocenters. The minimum Gasteiger partial charge on any atom is -0.506 e. The molecule has 0 radical (unpaired) electrons. The summed E-state index contributed by atoms with van der Waals surface area (Å²) in [7, 11) is 0. The Labute approximate surface area is 88.6 Å². The summed E-state index contributed by atoms with van der Waals surface area (Å²) in [5.74, 6) is -0.329. The van der Waals surface area contributed by atoms with Crippen LogP contribution >= 0.6 is 27.5 Å². The molecule has 0 aliphatic rings. The van der Waals surface area contributed by atoms with E-state index in [1.54, 1.807) is 0 Å². The number of rotatable bonds is 2. The molecule has 3 nitrogen and oxygen atoms in total. The van der Waals surface area contributed by atoms with Crippen LogP contribution in [0.2, 0.25) is 5.02 Å². The topological polar surface area (TPSA) is 63.3 Å². The molecule has 0 saturated heterocycles. The maximum Gasteiger partial charge on any atom is 0.175 e. The fourth-order valence-corrected chi connectivity index (χ4v) is 1.36. The molecule has 3 N–H and O–H groups in total. The third kappa shape index (κ3) is 2.14. The van der Waals surface area contributed by atoms with Gasteiger partial charge in [-0.2, -0.15) is 0 Å². The van der Waals surface area contributed by atoms with Gasteiger partial charge in [-0.05, 0) is 12.1 Å². The number of anilines is 1. The lowest BCUT2D eigenvalue weighted by molar-refractivity contribution is 0.102. The second-order valence-corrected chi connectivity index (χ2v) is 3.42.